The Hall–Kier alpha value is -4.70. The topological polar surface area (TPSA) is 200 Å². The summed E-state index contributed by atoms with van der Waals surface area (Å²) in [6.07, 6.45) is -11.8. The molecule has 0 fully saturated rings. The number of nitrogens with two attached hydrogens (primary N) is 2. The van der Waals surface area contributed by atoms with E-state index in [1.54, 1.807) is 4.72 Å². The maximum absolute atomic E-state index is 15.5. The number of nitrogens with one attached hydrogen (secondary N) is 1. The van der Waals surface area contributed by atoms with Gasteiger partial charge in [0.15, 0.2) is 11.6 Å². The fourth-order valence-electron chi connectivity index (χ4n) is 4.30. The highest BCUT2D eigenvalue weighted by molar-refractivity contribution is 7.92. The van der Waals surface area contributed by atoms with Crippen molar-refractivity contribution in [3.8, 4) is 35.1 Å². The maximum atomic E-state index is 15.5. The molecule has 3 aromatic carbocycles. The molecule has 0 bridgehead atoms. The molecular formula is C29H22F8N5O7PS2. The highest BCUT2D eigenvalue weighted by Gasteiger charge is 2.38. The number of thiophene rings is 1. The Kier molecular flexibility index (Phi) is 11.9. The molecule has 1 heterocycles. The average molecular weight is 800 g/mol. The summed E-state index contributed by atoms with van der Waals surface area (Å²) in [4.78, 5) is 0. The number of hydrogen-bond acceptors (Lipinski definition) is 12. The summed E-state index contributed by atoms with van der Waals surface area (Å²) >= 11 is 0.162. The van der Waals surface area contributed by atoms with Gasteiger partial charge in [-0.25, -0.2) is 21.8 Å². The van der Waals surface area contributed by atoms with E-state index in [9.17, 15) is 39.3 Å². The molecule has 1 aromatic heterocycles. The van der Waals surface area contributed by atoms with E-state index in [2.05, 4.69) is 0 Å². The molecule has 278 valence electrons. The average Bonchev–Trinajstić information content (AvgIpc) is 3.55. The van der Waals surface area contributed by atoms with E-state index in [-0.39, 0.29) is 49.8 Å². The van der Waals surface area contributed by atoms with Gasteiger partial charge in [0.05, 0.1) is 39.1 Å². The normalized spacial score (nSPS) is 12.3. The molecule has 0 spiro atoms. The molecule has 0 aliphatic carbocycles. The van der Waals surface area contributed by atoms with Crippen molar-refractivity contribution in [2.45, 2.75) is 16.6 Å². The lowest BCUT2D eigenvalue weighted by molar-refractivity contribution is -0.138. The van der Waals surface area contributed by atoms with Gasteiger partial charge in [-0.3, -0.25) is 0 Å². The van der Waals surface area contributed by atoms with E-state index in [1.165, 1.54) is 12.1 Å². The summed E-state index contributed by atoms with van der Waals surface area (Å²) in [6.45, 7) is -0.873. The standard InChI is InChI=1S/C29H22F8N5O7PS2/c30-23-19-11-22(51-27(19)24(31)26(47-8-6-39)25(23)46-7-5-38)52(44,45)42-14-50(43,48-17-3-1-15(12-40)20(9-17)28(32,33)34)49-18-4-2-16(13-41)21(10-18)29(35,36)37/h1-4,9-11,42H,5-8,14,38-39H2. The van der Waals surface area contributed by atoms with Crippen LogP contribution in [0.3, 0.4) is 0 Å². The van der Waals surface area contributed by atoms with Gasteiger partial charge < -0.3 is 30.0 Å². The van der Waals surface area contributed by atoms with Crippen molar-refractivity contribution in [2.24, 2.45) is 11.5 Å². The van der Waals surface area contributed by atoms with Crippen LogP contribution >= 0.6 is 18.9 Å². The Morgan fingerprint density at radius 1 is 0.788 bits per heavy atom. The van der Waals surface area contributed by atoms with E-state index in [1.807, 2.05) is 0 Å². The number of nitrogens with zero attached hydrogens (tertiary/aromatic N) is 2. The first-order chi connectivity index (χ1) is 24.3. The zero-order chi connectivity index (χ0) is 38.6. The minimum absolute atomic E-state index is 0.131. The van der Waals surface area contributed by atoms with Crippen LogP contribution in [0, 0.1) is 34.3 Å². The zero-order valence-corrected chi connectivity index (χ0v) is 28.3. The quantitative estimate of drug-likeness (QED) is 0.0966. The molecule has 0 unspecified atom stereocenters. The van der Waals surface area contributed by atoms with Crippen LogP contribution in [0.4, 0.5) is 35.1 Å². The SMILES string of the molecule is N#Cc1ccc(OP(=O)(CNS(=O)(=O)c2cc3c(F)c(OCCN)c(OCCN)c(F)c3s2)Oc2ccc(C#N)c(C(F)(F)F)c2)cc1C(F)(F)F. The molecule has 4 aromatic rings. The van der Waals surface area contributed by atoms with Gasteiger partial charge in [0.1, 0.15) is 35.2 Å². The first kappa shape index (κ1) is 40.1. The van der Waals surface area contributed by atoms with Crippen LogP contribution in [-0.4, -0.2) is 41.0 Å². The minimum atomic E-state index is -5.26. The molecule has 12 nitrogen and oxygen atoms in total. The monoisotopic (exact) mass is 799 g/mol. The Bertz CT molecular complexity index is 2100. The van der Waals surface area contributed by atoms with E-state index in [0.717, 1.165) is 12.1 Å². The van der Waals surface area contributed by atoms with Gasteiger partial charge in [-0.05, 0) is 42.5 Å². The van der Waals surface area contributed by atoms with Crippen LogP contribution in [0.2, 0.25) is 0 Å². The number of fused-ring (bicyclic) bond motifs is 1. The lowest BCUT2D eigenvalue weighted by Crippen LogP contribution is -2.26. The summed E-state index contributed by atoms with van der Waals surface area (Å²) < 4.78 is 175. The van der Waals surface area contributed by atoms with E-state index >= 15 is 8.78 Å². The lowest BCUT2D eigenvalue weighted by atomic mass is 10.1. The zero-order valence-electron chi connectivity index (χ0n) is 25.8. The van der Waals surface area contributed by atoms with Gasteiger partial charge in [-0.15, -0.1) is 11.3 Å². The third kappa shape index (κ3) is 8.84. The number of nitriles is 2. The van der Waals surface area contributed by atoms with Crippen molar-refractivity contribution in [3.63, 3.8) is 0 Å². The largest absolute Gasteiger partial charge is 0.486 e. The number of ether oxygens (including phenoxy) is 2. The van der Waals surface area contributed by atoms with Crippen LogP contribution in [0.1, 0.15) is 22.3 Å². The predicted octanol–water partition coefficient (Wildman–Crippen LogP) is 6.22. The Morgan fingerprint density at radius 3 is 1.67 bits per heavy atom. The van der Waals surface area contributed by atoms with Crippen LogP contribution in [0.5, 0.6) is 23.0 Å². The summed E-state index contributed by atoms with van der Waals surface area (Å²) in [6, 6.07) is 6.38. The van der Waals surface area contributed by atoms with Crippen LogP contribution < -0.4 is 34.7 Å². The molecule has 0 amide bonds. The van der Waals surface area contributed by atoms with Gasteiger partial charge in [-0.1, -0.05) is 0 Å². The van der Waals surface area contributed by atoms with E-state index < -0.39 is 107 Å². The predicted molar refractivity (Wildman–Crippen MR) is 167 cm³/mol. The summed E-state index contributed by atoms with van der Waals surface area (Å²) in [5.74, 6) is -5.82. The first-order valence-corrected chi connectivity index (χ1v) is 18.1. The van der Waals surface area contributed by atoms with Gasteiger partial charge in [0.2, 0.25) is 11.5 Å². The fraction of sp³-hybridized carbons (Fsp3) is 0.241. The van der Waals surface area contributed by atoms with Gasteiger partial charge in [-0.2, -0.15) is 41.6 Å². The van der Waals surface area contributed by atoms with Crippen LogP contribution in [0.25, 0.3) is 10.1 Å². The second-order valence-electron chi connectivity index (χ2n) is 10.1. The van der Waals surface area contributed by atoms with Crippen molar-refractivity contribution in [2.75, 3.05) is 32.6 Å². The second-order valence-corrected chi connectivity index (χ2v) is 15.1. The van der Waals surface area contributed by atoms with Crippen LogP contribution in [0.15, 0.2) is 46.7 Å². The molecule has 5 N–H and O–H groups in total. The molecule has 52 heavy (non-hydrogen) atoms. The summed E-state index contributed by atoms with van der Waals surface area (Å²) in [5, 5.41) is 17.5. The number of rotatable bonds is 14. The van der Waals surface area contributed by atoms with Gasteiger partial charge >= 0.3 is 19.9 Å². The van der Waals surface area contributed by atoms with E-state index in [0.29, 0.717) is 18.2 Å². The molecule has 0 radical (unpaired) electrons. The summed E-state index contributed by atoms with van der Waals surface area (Å²) in [7, 11) is -10.2. The molecular weight excluding hydrogens is 777 g/mol. The number of benzene rings is 3. The molecule has 23 heteroatoms. The number of halogens is 8. The number of alkyl halides is 6. The molecule has 0 saturated heterocycles. The number of hydrogen-bond donors (Lipinski definition) is 3. The van der Waals surface area contributed by atoms with Gasteiger partial charge in [0.25, 0.3) is 10.0 Å². The minimum Gasteiger partial charge on any atom is -0.486 e. The van der Waals surface area contributed by atoms with Crippen molar-refractivity contribution in [1.82, 2.24) is 4.72 Å². The molecule has 0 aliphatic heterocycles. The first-order valence-electron chi connectivity index (χ1n) is 14.1. The Balaban J connectivity index is 1.78. The fourth-order valence-corrected chi connectivity index (χ4v) is 8.74. The highest BCUT2D eigenvalue weighted by Crippen LogP contribution is 2.50. The second kappa shape index (κ2) is 15.5. The van der Waals surface area contributed by atoms with Crippen molar-refractivity contribution >= 4 is 39.0 Å². The molecule has 0 saturated carbocycles. The maximum Gasteiger partial charge on any atom is 0.445 e. The molecule has 4 rings (SSSR count). The van der Waals surface area contributed by atoms with Crippen molar-refractivity contribution < 1.29 is 66.6 Å². The Morgan fingerprint density at radius 2 is 1.25 bits per heavy atom. The molecule has 0 aliphatic rings. The third-order valence-electron chi connectivity index (χ3n) is 6.51. The van der Waals surface area contributed by atoms with Gasteiger partial charge in [0, 0.05) is 18.5 Å². The van der Waals surface area contributed by atoms with Crippen molar-refractivity contribution in [3.05, 3.63) is 76.4 Å². The summed E-state index contributed by atoms with van der Waals surface area (Å²) in [5.41, 5.74) is 5.82. The third-order valence-corrected chi connectivity index (χ3v) is 11.3. The lowest BCUT2D eigenvalue weighted by Gasteiger charge is -2.22. The van der Waals surface area contributed by atoms with E-state index in [4.69, 9.17) is 40.5 Å². The van der Waals surface area contributed by atoms with Crippen molar-refractivity contribution in [1.29, 1.82) is 10.5 Å². The smallest absolute Gasteiger partial charge is 0.445 e. The number of sulfonamides is 1. The molecule has 0 atom stereocenters. The highest BCUT2D eigenvalue weighted by atomic mass is 32.2. The Labute approximate surface area is 292 Å². The van der Waals surface area contributed by atoms with Crippen LogP contribution in [-0.2, 0) is 26.9 Å².